The standard InChI is InChI=1S/C14H14FNO2S/c1-7-4-5-9(6-10(7)15)12-8(2)11(16)13(19-12)14(17)18-3/h4-6H,16H2,1-3H3. The van der Waals surface area contributed by atoms with E-state index in [4.69, 9.17) is 5.73 Å². The molecule has 1 aromatic carbocycles. The maximum Gasteiger partial charge on any atom is 0.350 e. The molecule has 0 bridgehead atoms. The Bertz CT molecular complexity index is 649. The van der Waals surface area contributed by atoms with Crippen molar-refractivity contribution in [2.45, 2.75) is 13.8 Å². The van der Waals surface area contributed by atoms with Gasteiger partial charge in [0, 0.05) is 4.88 Å². The van der Waals surface area contributed by atoms with Crippen molar-refractivity contribution in [3.05, 3.63) is 40.0 Å². The van der Waals surface area contributed by atoms with Gasteiger partial charge in [-0.05, 0) is 36.6 Å². The van der Waals surface area contributed by atoms with Gasteiger partial charge in [0.2, 0.25) is 0 Å². The van der Waals surface area contributed by atoms with Gasteiger partial charge >= 0.3 is 5.97 Å². The van der Waals surface area contributed by atoms with Gasteiger partial charge in [0.15, 0.2) is 0 Å². The monoisotopic (exact) mass is 279 g/mol. The van der Waals surface area contributed by atoms with Gasteiger partial charge in [-0.15, -0.1) is 11.3 Å². The molecule has 19 heavy (non-hydrogen) atoms. The Morgan fingerprint density at radius 2 is 2.05 bits per heavy atom. The van der Waals surface area contributed by atoms with Crippen LogP contribution in [0, 0.1) is 19.7 Å². The summed E-state index contributed by atoms with van der Waals surface area (Å²) in [6, 6.07) is 4.98. The van der Waals surface area contributed by atoms with Gasteiger partial charge in [-0.25, -0.2) is 9.18 Å². The molecule has 0 atom stereocenters. The minimum atomic E-state index is -0.468. The van der Waals surface area contributed by atoms with E-state index in [0.29, 0.717) is 21.7 Å². The first-order chi connectivity index (χ1) is 8.95. The van der Waals surface area contributed by atoms with E-state index in [1.54, 1.807) is 13.0 Å². The Morgan fingerprint density at radius 1 is 1.37 bits per heavy atom. The summed E-state index contributed by atoms with van der Waals surface area (Å²) in [5.74, 6) is -0.743. The molecule has 0 aliphatic heterocycles. The number of nitrogen functional groups attached to an aromatic ring is 1. The van der Waals surface area contributed by atoms with Crippen LogP contribution >= 0.6 is 11.3 Å². The number of rotatable bonds is 2. The third kappa shape index (κ3) is 2.33. The number of hydrogen-bond donors (Lipinski definition) is 1. The van der Waals surface area contributed by atoms with Crippen LogP contribution in [0.1, 0.15) is 20.8 Å². The second-order valence-corrected chi connectivity index (χ2v) is 5.28. The van der Waals surface area contributed by atoms with Gasteiger partial charge in [0.05, 0.1) is 12.8 Å². The number of benzene rings is 1. The third-order valence-corrected chi connectivity index (χ3v) is 4.33. The smallest absolute Gasteiger partial charge is 0.350 e. The molecule has 0 spiro atoms. The SMILES string of the molecule is COC(=O)c1sc(-c2ccc(C)c(F)c2)c(C)c1N. The number of anilines is 1. The van der Waals surface area contributed by atoms with Gasteiger partial charge in [0.25, 0.3) is 0 Å². The number of hydrogen-bond acceptors (Lipinski definition) is 4. The topological polar surface area (TPSA) is 52.3 Å². The van der Waals surface area contributed by atoms with Gasteiger partial charge < -0.3 is 10.5 Å². The van der Waals surface area contributed by atoms with Gasteiger partial charge in [-0.3, -0.25) is 0 Å². The van der Waals surface area contributed by atoms with Gasteiger partial charge in [-0.2, -0.15) is 0 Å². The molecule has 2 aromatic rings. The predicted molar refractivity (Wildman–Crippen MR) is 74.9 cm³/mol. The highest BCUT2D eigenvalue weighted by Crippen LogP contribution is 2.38. The zero-order chi connectivity index (χ0) is 14.2. The van der Waals surface area contributed by atoms with Crippen molar-refractivity contribution in [3.63, 3.8) is 0 Å². The van der Waals surface area contributed by atoms with E-state index in [0.717, 1.165) is 10.4 Å². The van der Waals surface area contributed by atoms with Crippen molar-refractivity contribution >= 4 is 23.0 Å². The normalized spacial score (nSPS) is 10.5. The van der Waals surface area contributed by atoms with Crippen molar-refractivity contribution in [3.8, 4) is 10.4 Å². The Kier molecular flexibility index (Phi) is 3.57. The lowest BCUT2D eigenvalue weighted by Crippen LogP contribution is -2.01. The molecule has 100 valence electrons. The molecule has 3 nitrogen and oxygen atoms in total. The molecule has 2 N–H and O–H groups in total. The Morgan fingerprint density at radius 3 is 2.63 bits per heavy atom. The van der Waals surface area contributed by atoms with E-state index >= 15 is 0 Å². The number of thiophene rings is 1. The Labute approximate surface area is 114 Å². The second-order valence-electron chi connectivity index (χ2n) is 4.25. The number of ether oxygens (including phenoxy) is 1. The zero-order valence-electron chi connectivity index (χ0n) is 10.9. The average molecular weight is 279 g/mol. The summed E-state index contributed by atoms with van der Waals surface area (Å²) < 4.78 is 18.3. The number of carbonyl (C=O) groups excluding carboxylic acids is 1. The maximum absolute atomic E-state index is 13.6. The second kappa shape index (κ2) is 5.01. The van der Waals surface area contributed by atoms with Crippen molar-refractivity contribution in [2.75, 3.05) is 12.8 Å². The predicted octanol–water partition coefficient (Wildman–Crippen LogP) is 3.54. The van der Waals surface area contributed by atoms with E-state index in [-0.39, 0.29) is 5.82 Å². The molecule has 0 aliphatic rings. The number of halogens is 1. The van der Waals surface area contributed by atoms with E-state index in [1.807, 2.05) is 13.0 Å². The van der Waals surface area contributed by atoms with E-state index in [9.17, 15) is 9.18 Å². The van der Waals surface area contributed by atoms with Crippen LogP contribution in [0.5, 0.6) is 0 Å². The maximum atomic E-state index is 13.6. The van der Waals surface area contributed by atoms with Crippen molar-refractivity contribution in [2.24, 2.45) is 0 Å². The van der Waals surface area contributed by atoms with Gasteiger partial charge in [0.1, 0.15) is 10.7 Å². The van der Waals surface area contributed by atoms with Crippen LogP contribution in [0.2, 0.25) is 0 Å². The van der Waals surface area contributed by atoms with Crippen LogP contribution in [0.4, 0.5) is 10.1 Å². The first kappa shape index (κ1) is 13.5. The summed E-state index contributed by atoms with van der Waals surface area (Å²) in [4.78, 5) is 12.7. The highest BCUT2D eigenvalue weighted by atomic mass is 32.1. The molecule has 1 heterocycles. The molecule has 0 amide bonds. The molecule has 0 unspecified atom stereocenters. The minimum absolute atomic E-state index is 0.275. The summed E-state index contributed by atoms with van der Waals surface area (Å²) in [6.45, 7) is 3.51. The van der Waals surface area contributed by atoms with Crippen LogP contribution in [0.15, 0.2) is 18.2 Å². The third-order valence-electron chi connectivity index (χ3n) is 3.00. The summed E-state index contributed by atoms with van der Waals surface area (Å²) in [5.41, 5.74) is 8.37. The van der Waals surface area contributed by atoms with Crippen molar-refractivity contribution in [1.82, 2.24) is 0 Å². The summed E-state index contributed by atoms with van der Waals surface area (Å²) in [5, 5.41) is 0. The fourth-order valence-corrected chi connectivity index (χ4v) is 2.92. The number of esters is 1. The van der Waals surface area contributed by atoms with E-state index in [2.05, 4.69) is 4.74 Å². The molecular weight excluding hydrogens is 265 g/mol. The van der Waals surface area contributed by atoms with Crippen LogP contribution in [0.25, 0.3) is 10.4 Å². The summed E-state index contributed by atoms with van der Waals surface area (Å²) in [6.07, 6.45) is 0. The van der Waals surface area contributed by atoms with Crippen LogP contribution in [0.3, 0.4) is 0 Å². The Balaban J connectivity index is 2.57. The summed E-state index contributed by atoms with van der Waals surface area (Å²) >= 11 is 1.22. The molecule has 0 aliphatic carbocycles. The lowest BCUT2D eigenvalue weighted by molar-refractivity contribution is 0.0607. The molecule has 1 aromatic heterocycles. The fourth-order valence-electron chi connectivity index (χ4n) is 1.78. The van der Waals surface area contributed by atoms with Crippen molar-refractivity contribution < 1.29 is 13.9 Å². The molecule has 0 radical (unpaired) electrons. The number of carbonyl (C=O) groups is 1. The molecule has 2 rings (SSSR count). The molecule has 0 fully saturated rings. The largest absolute Gasteiger partial charge is 0.465 e. The molecule has 0 saturated heterocycles. The van der Waals surface area contributed by atoms with Crippen molar-refractivity contribution in [1.29, 1.82) is 0 Å². The first-order valence-electron chi connectivity index (χ1n) is 5.69. The highest BCUT2D eigenvalue weighted by molar-refractivity contribution is 7.18. The average Bonchev–Trinajstić information content (AvgIpc) is 2.69. The summed E-state index contributed by atoms with van der Waals surface area (Å²) in [7, 11) is 1.31. The van der Waals surface area contributed by atoms with Crippen LogP contribution < -0.4 is 5.73 Å². The van der Waals surface area contributed by atoms with Gasteiger partial charge in [-0.1, -0.05) is 12.1 Å². The highest BCUT2D eigenvalue weighted by Gasteiger charge is 2.20. The quantitative estimate of drug-likeness (QED) is 0.855. The minimum Gasteiger partial charge on any atom is -0.465 e. The molecule has 0 saturated carbocycles. The van der Waals surface area contributed by atoms with E-state index in [1.165, 1.54) is 24.5 Å². The van der Waals surface area contributed by atoms with Crippen LogP contribution in [-0.4, -0.2) is 13.1 Å². The molecule has 5 heteroatoms. The number of methoxy groups -OCH3 is 1. The lowest BCUT2D eigenvalue weighted by atomic mass is 10.1. The first-order valence-corrected chi connectivity index (χ1v) is 6.51. The zero-order valence-corrected chi connectivity index (χ0v) is 11.7. The number of nitrogens with two attached hydrogens (primary N) is 1. The number of aryl methyl sites for hydroxylation is 1. The fraction of sp³-hybridized carbons (Fsp3) is 0.214. The Hall–Kier alpha value is -1.88. The molecular formula is C14H14FNO2S. The van der Waals surface area contributed by atoms with E-state index < -0.39 is 5.97 Å². The lowest BCUT2D eigenvalue weighted by Gasteiger charge is -2.02. The van der Waals surface area contributed by atoms with Crippen LogP contribution in [-0.2, 0) is 4.74 Å².